The van der Waals surface area contributed by atoms with Gasteiger partial charge in [-0.05, 0) is 6.92 Å². The molecule has 0 aliphatic heterocycles. The number of urea groups is 1. The van der Waals surface area contributed by atoms with Gasteiger partial charge in [0.15, 0.2) is 0 Å². The van der Waals surface area contributed by atoms with E-state index in [4.69, 9.17) is 10.5 Å². The molecule has 0 aromatic carbocycles. The number of carbonyl (C=O) groups is 2. The summed E-state index contributed by atoms with van der Waals surface area (Å²) in [5.74, 6) is -0.214. The van der Waals surface area contributed by atoms with Crippen LogP contribution in [0.1, 0.15) is 6.92 Å². The van der Waals surface area contributed by atoms with Gasteiger partial charge in [0.1, 0.15) is 6.10 Å². The van der Waals surface area contributed by atoms with Crippen molar-refractivity contribution in [2.45, 2.75) is 13.0 Å². The van der Waals surface area contributed by atoms with Crippen LogP contribution in [-0.2, 0) is 9.53 Å². The van der Waals surface area contributed by atoms with Crippen molar-refractivity contribution in [2.75, 3.05) is 20.2 Å². The fourth-order valence-corrected chi connectivity index (χ4v) is 0.622. The average molecular weight is 189 g/mol. The molecular weight excluding hydrogens is 174 g/mol. The van der Waals surface area contributed by atoms with Crippen LogP contribution in [0.5, 0.6) is 0 Å². The molecule has 0 heterocycles. The quantitative estimate of drug-likeness (QED) is 0.474. The molecule has 4 N–H and O–H groups in total. The van der Waals surface area contributed by atoms with Crippen molar-refractivity contribution in [3.63, 3.8) is 0 Å². The molecule has 0 aliphatic carbocycles. The molecule has 0 rings (SSSR count). The van der Waals surface area contributed by atoms with Crippen LogP contribution in [0.4, 0.5) is 4.79 Å². The predicted octanol–water partition coefficient (Wildman–Crippen LogP) is -1.19. The summed E-state index contributed by atoms with van der Waals surface area (Å²) in [4.78, 5) is 21.2. The third kappa shape index (κ3) is 5.92. The molecule has 76 valence electrons. The van der Waals surface area contributed by atoms with E-state index in [1.54, 1.807) is 6.92 Å². The lowest BCUT2D eigenvalue weighted by molar-refractivity contribution is -0.129. The van der Waals surface area contributed by atoms with Crippen molar-refractivity contribution in [2.24, 2.45) is 5.73 Å². The van der Waals surface area contributed by atoms with Gasteiger partial charge in [0, 0.05) is 20.2 Å². The minimum Gasteiger partial charge on any atom is -0.372 e. The molecule has 1 atom stereocenters. The van der Waals surface area contributed by atoms with Crippen LogP contribution >= 0.6 is 0 Å². The Labute approximate surface area is 76.8 Å². The fraction of sp³-hybridized carbons (Fsp3) is 0.714. The maximum Gasteiger partial charge on any atom is 0.312 e. The Morgan fingerprint density at radius 3 is 2.38 bits per heavy atom. The van der Waals surface area contributed by atoms with E-state index in [0.717, 1.165) is 0 Å². The fourth-order valence-electron chi connectivity index (χ4n) is 0.622. The highest BCUT2D eigenvalue weighted by atomic mass is 16.5. The van der Waals surface area contributed by atoms with Crippen LogP contribution in [0.3, 0.4) is 0 Å². The highest BCUT2D eigenvalue weighted by molar-refractivity contribution is 5.80. The van der Waals surface area contributed by atoms with Gasteiger partial charge in [0.05, 0.1) is 0 Å². The van der Waals surface area contributed by atoms with Crippen LogP contribution in [0, 0.1) is 0 Å². The summed E-state index contributed by atoms with van der Waals surface area (Å²) in [7, 11) is 1.45. The van der Waals surface area contributed by atoms with E-state index in [2.05, 4.69) is 10.6 Å². The van der Waals surface area contributed by atoms with Gasteiger partial charge >= 0.3 is 6.03 Å². The zero-order chi connectivity index (χ0) is 10.3. The second-order valence-corrected chi connectivity index (χ2v) is 2.46. The smallest absolute Gasteiger partial charge is 0.312 e. The second kappa shape index (κ2) is 6.24. The minimum atomic E-state index is -0.603. The lowest BCUT2D eigenvalue weighted by Crippen LogP contribution is -2.40. The molecule has 1 unspecified atom stereocenters. The van der Waals surface area contributed by atoms with Crippen LogP contribution < -0.4 is 16.4 Å². The first kappa shape index (κ1) is 11.7. The van der Waals surface area contributed by atoms with Crippen LogP contribution in [0.15, 0.2) is 0 Å². The van der Waals surface area contributed by atoms with Gasteiger partial charge in [0.25, 0.3) is 0 Å². The minimum absolute atomic E-state index is 0.214. The third-order valence-corrected chi connectivity index (χ3v) is 1.45. The highest BCUT2D eigenvalue weighted by Gasteiger charge is 2.09. The summed E-state index contributed by atoms with van der Waals surface area (Å²) in [6, 6.07) is -0.603. The number of methoxy groups -OCH3 is 1. The van der Waals surface area contributed by atoms with Gasteiger partial charge < -0.3 is 21.1 Å². The molecule has 0 aromatic rings. The van der Waals surface area contributed by atoms with Crippen molar-refractivity contribution in [3.8, 4) is 0 Å². The number of hydrogen-bond acceptors (Lipinski definition) is 3. The van der Waals surface area contributed by atoms with Gasteiger partial charge in [-0.2, -0.15) is 0 Å². The third-order valence-electron chi connectivity index (χ3n) is 1.45. The van der Waals surface area contributed by atoms with Gasteiger partial charge in [-0.3, -0.25) is 4.79 Å². The SMILES string of the molecule is COC(C)C(=O)NCCNC(N)=O. The van der Waals surface area contributed by atoms with Gasteiger partial charge in [-0.15, -0.1) is 0 Å². The summed E-state index contributed by atoms with van der Waals surface area (Å²) >= 11 is 0. The molecule has 6 heteroatoms. The van der Waals surface area contributed by atoms with Crippen molar-refractivity contribution < 1.29 is 14.3 Å². The molecule has 0 bridgehead atoms. The Morgan fingerprint density at radius 1 is 1.38 bits per heavy atom. The van der Waals surface area contributed by atoms with Crippen molar-refractivity contribution in [3.05, 3.63) is 0 Å². The lowest BCUT2D eigenvalue weighted by atomic mass is 10.4. The zero-order valence-electron chi connectivity index (χ0n) is 7.79. The topological polar surface area (TPSA) is 93.4 Å². The van der Waals surface area contributed by atoms with E-state index in [9.17, 15) is 9.59 Å². The standard InChI is InChI=1S/C7H15N3O3/c1-5(13-2)6(11)9-3-4-10-7(8)12/h5H,3-4H2,1-2H3,(H,9,11)(H3,8,10,12). The highest BCUT2D eigenvalue weighted by Crippen LogP contribution is 1.85. The second-order valence-electron chi connectivity index (χ2n) is 2.46. The van der Waals surface area contributed by atoms with Gasteiger partial charge in [-0.25, -0.2) is 4.79 Å². The van der Waals surface area contributed by atoms with Gasteiger partial charge in [0.2, 0.25) is 5.91 Å². The Hall–Kier alpha value is -1.30. The zero-order valence-corrected chi connectivity index (χ0v) is 7.79. The summed E-state index contributed by atoms with van der Waals surface area (Å²) < 4.78 is 4.77. The molecule has 0 spiro atoms. The van der Waals surface area contributed by atoms with Crippen LogP contribution in [0.2, 0.25) is 0 Å². The maximum absolute atomic E-state index is 11.0. The average Bonchev–Trinajstić information content (AvgIpc) is 2.10. The van der Waals surface area contributed by atoms with E-state index < -0.39 is 12.1 Å². The maximum atomic E-state index is 11.0. The Balaban J connectivity index is 3.42. The predicted molar refractivity (Wildman–Crippen MR) is 47.1 cm³/mol. The van der Waals surface area contributed by atoms with Gasteiger partial charge in [-0.1, -0.05) is 0 Å². The van der Waals surface area contributed by atoms with E-state index in [-0.39, 0.29) is 5.91 Å². The molecular formula is C7H15N3O3. The number of nitrogens with two attached hydrogens (primary N) is 1. The number of primary amides is 1. The Morgan fingerprint density at radius 2 is 1.92 bits per heavy atom. The molecule has 0 saturated heterocycles. The number of rotatable bonds is 5. The lowest BCUT2D eigenvalue weighted by Gasteiger charge is -2.09. The molecule has 0 aliphatic rings. The summed E-state index contributed by atoms with van der Waals surface area (Å²) in [6.45, 7) is 2.30. The Kier molecular flexibility index (Phi) is 5.62. The molecule has 0 radical (unpaired) electrons. The monoisotopic (exact) mass is 189 g/mol. The van der Waals surface area contributed by atoms with E-state index in [1.807, 2.05) is 0 Å². The first-order valence-electron chi connectivity index (χ1n) is 3.91. The van der Waals surface area contributed by atoms with E-state index >= 15 is 0 Å². The normalized spacial score (nSPS) is 11.8. The van der Waals surface area contributed by atoms with Crippen molar-refractivity contribution in [1.29, 1.82) is 0 Å². The molecule has 0 saturated carbocycles. The molecule has 13 heavy (non-hydrogen) atoms. The first-order valence-corrected chi connectivity index (χ1v) is 3.91. The number of hydrogen-bond donors (Lipinski definition) is 3. The van der Waals surface area contributed by atoms with Crippen molar-refractivity contribution >= 4 is 11.9 Å². The largest absolute Gasteiger partial charge is 0.372 e. The first-order chi connectivity index (χ1) is 6.07. The number of ether oxygens (including phenoxy) is 1. The summed E-state index contributed by atoms with van der Waals surface area (Å²) in [5.41, 5.74) is 4.81. The molecule has 6 nitrogen and oxygen atoms in total. The van der Waals surface area contributed by atoms with Crippen molar-refractivity contribution in [1.82, 2.24) is 10.6 Å². The van der Waals surface area contributed by atoms with E-state index in [0.29, 0.717) is 13.1 Å². The summed E-state index contributed by atoms with van der Waals surface area (Å²) in [5, 5.41) is 4.90. The number of nitrogens with one attached hydrogen (secondary N) is 2. The van der Waals surface area contributed by atoms with Crippen LogP contribution in [-0.4, -0.2) is 38.2 Å². The van der Waals surface area contributed by atoms with E-state index in [1.165, 1.54) is 7.11 Å². The number of carbonyl (C=O) groups excluding carboxylic acids is 2. The van der Waals surface area contributed by atoms with Crippen LogP contribution in [0.25, 0.3) is 0 Å². The molecule has 0 fully saturated rings. The summed E-state index contributed by atoms with van der Waals surface area (Å²) in [6.07, 6.45) is -0.478. The molecule has 0 aromatic heterocycles. The Bertz CT molecular complexity index is 184. The number of amides is 3. The molecule has 3 amide bonds.